The molecule has 0 bridgehead atoms. The second-order valence-electron chi connectivity index (χ2n) is 8.37. The lowest BCUT2D eigenvalue weighted by atomic mass is 9.96. The van der Waals surface area contributed by atoms with E-state index in [0.29, 0.717) is 6.54 Å². The molecule has 2 heterocycles. The van der Waals surface area contributed by atoms with Crippen LogP contribution in [0.25, 0.3) is 0 Å². The van der Waals surface area contributed by atoms with Gasteiger partial charge in [0.1, 0.15) is 5.75 Å². The largest absolute Gasteiger partial charge is 0.573 e. The number of hydrogen-bond acceptors (Lipinski definition) is 7. The molecule has 3 aromatic carbocycles. The minimum atomic E-state index is -4.88. The average Bonchev–Trinajstić information content (AvgIpc) is 2.83. The summed E-state index contributed by atoms with van der Waals surface area (Å²) in [6.07, 6.45) is -5.96. The summed E-state index contributed by atoms with van der Waals surface area (Å²) in [4.78, 5) is 3.83. The fraction of sp³-hybridized carbons (Fsp3) is 0.250. The van der Waals surface area contributed by atoms with Crippen molar-refractivity contribution in [3.63, 3.8) is 0 Å². The maximum atomic E-state index is 13.0. The molecule has 1 saturated heterocycles. The van der Waals surface area contributed by atoms with Crippen molar-refractivity contribution in [2.24, 2.45) is 0 Å². The van der Waals surface area contributed by atoms with Crippen LogP contribution in [0.1, 0.15) is 0 Å². The van der Waals surface area contributed by atoms with E-state index in [1.165, 1.54) is 0 Å². The first-order chi connectivity index (χ1) is 17.1. The number of anilines is 2. The molecule has 7 nitrogen and oxygen atoms in total. The predicted octanol–water partition coefficient (Wildman–Crippen LogP) is 3.87. The fourth-order valence-corrected chi connectivity index (χ4v) is 6.75. The second kappa shape index (κ2) is 9.60. The van der Waals surface area contributed by atoms with Crippen molar-refractivity contribution < 1.29 is 31.4 Å². The number of piperidine rings is 1. The van der Waals surface area contributed by atoms with Crippen LogP contribution in [0.15, 0.2) is 87.5 Å². The number of rotatable bonds is 5. The Hall–Kier alpha value is -2.77. The van der Waals surface area contributed by atoms with Crippen LogP contribution in [-0.4, -0.2) is 51.2 Å². The molecule has 2 aliphatic heterocycles. The van der Waals surface area contributed by atoms with Crippen LogP contribution in [-0.2, 0) is 10.0 Å². The van der Waals surface area contributed by atoms with Gasteiger partial charge >= 0.3 is 6.36 Å². The van der Waals surface area contributed by atoms with Crippen molar-refractivity contribution in [2.75, 3.05) is 18.0 Å². The van der Waals surface area contributed by atoms with E-state index in [1.54, 1.807) is 11.8 Å². The molecular weight excluding hydrogens is 515 g/mol. The van der Waals surface area contributed by atoms with Crippen molar-refractivity contribution >= 4 is 33.2 Å². The van der Waals surface area contributed by atoms with E-state index >= 15 is 0 Å². The minimum Gasteiger partial charge on any atom is -0.406 e. The quantitative estimate of drug-likeness (QED) is 0.455. The van der Waals surface area contributed by atoms with Crippen molar-refractivity contribution in [2.45, 2.75) is 39.2 Å². The zero-order chi connectivity index (χ0) is 25.5. The number of aliphatic hydroxyl groups excluding tert-OH is 1. The van der Waals surface area contributed by atoms with Gasteiger partial charge in [0, 0.05) is 22.9 Å². The Balaban J connectivity index is 1.39. The van der Waals surface area contributed by atoms with Gasteiger partial charge < -0.3 is 20.1 Å². The molecule has 3 aromatic rings. The third-order valence-corrected chi connectivity index (χ3v) is 8.64. The first-order valence-corrected chi connectivity index (χ1v) is 13.3. The molecule has 2 aliphatic rings. The van der Waals surface area contributed by atoms with E-state index in [4.69, 9.17) is 0 Å². The smallest absolute Gasteiger partial charge is 0.406 e. The number of para-hydroxylation sites is 2. The molecule has 5 rings (SSSR count). The predicted molar refractivity (Wildman–Crippen MR) is 129 cm³/mol. The fourth-order valence-electron chi connectivity index (χ4n) is 4.43. The van der Waals surface area contributed by atoms with Gasteiger partial charge in [-0.2, -0.15) is 0 Å². The number of halogens is 3. The molecule has 0 aromatic heterocycles. The molecule has 0 radical (unpaired) electrons. The molecule has 12 heteroatoms. The molecule has 0 amide bonds. The number of hydrogen-bond donors (Lipinski definition) is 3. The van der Waals surface area contributed by atoms with E-state index in [-0.39, 0.29) is 11.4 Å². The summed E-state index contributed by atoms with van der Waals surface area (Å²) >= 11 is 1.63. The Morgan fingerprint density at radius 3 is 2.11 bits per heavy atom. The summed E-state index contributed by atoms with van der Waals surface area (Å²) in [6.45, 7) is 0.592. The highest BCUT2D eigenvalue weighted by Crippen LogP contribution is 2.49. The van der Waals surface area contributed by atoms with Crippen molar-refractivity contribution in [3.05, 3.63) is 72.8 Å². The number of nitrogens with zero attached hydrogens (tertiary/aromatic N) is 1. The van der Waals surface area contributed by atoms with Gasteiger partial charge in [-0.25, -0.2) is 13.1 Å². The second-order valence-corrected chi connectivity index (χ2v) is 11.2. The van der Waals surface area contributed by atoms with Crippen LogP contribution < -0.4 is 19.7 Å². The highest BCUT2D eigenvalue weighted by Gasteiger charge is 2.40. The number of benzene rings is 3. The zero-order valence-corrected chi connectivity index (χ0v) is 20.3. The topological polar surface area (TPSA) is 90.9 Å². The van der Waals surface area contributed by atoms with Gasteiger partial charge in [0.25, 0.3) is 0 Å². The highest BCUT2D eigenvalue weighted by atomic mass is 32.2. The van der Waals surface area contributed by atoms with Crippen molar-refractivity contribution in [3.8, 4) is 5.75 Å². The van der Waals surface area contributed by atoms with Crippen LogP contribution in [0.3, 0.4) is 0 Å². The highest BCUT2D eigenvalue weighted by molar-refractivity contribution is 7.99. The number of fused-ring (bicyclic) bond motifs is 2. The van der Waals surface area contributed by atoms with E-state index in [2.05, 4.69) is 14.8 Å². The number of sulfonamides is 1. The van der Waals surface area contributed by atoms with Gasteiger partial charge in [0.15, 0.2) is 0 Å². The van der Waals surface area contributed by atoms with E-state index in [0.717, 1.165) is 45.4 Å². The maximum absolute atomic E-state index is 13.0. The summed E-state index contributed by atoms with van der Waals surface area (Å²) in [6, 6.07) is 18.2. The molecule has 36 heavy (non-hydrogen) atoms. The summed E-state index contributed by atoms with van der Waals surface area (Å²) in [5.41, 5.74) is 1.83. The van der Waals surface area contributed by atoms with Gasteiger partial charge in [-0.05, 0) is 48.5 Å². The molecule has 0 aliphatic carbocycles. The Labute approximate surface area is 210 Å². The third-order valence-electron chi connectivity index (χ3n) is 6.00. The van der Waals surface area contributed by atoms with Crippen LogP contribution in [0.2, 0.25) is 0 Å². The molecular formula is C24H22F3N3O4S2. The Bertz CT molecular complexity index is 1310. The molecule has 3 N–H and O–H groups in total. The number of nitrogens with one attached hydrogen (secondary N) is 2. The molecule has 1 fully saturated rings. The molecule has 0 saturated carbocycles. The zero-order valence-electron chi connectivity index (χ0n) is 18.6. The van der Waals surface area contributed by atoms with Crippen LogP contribution in [0.4, 0.5) is 24.5 Å². The summed E-state index contributed by atoms with van der Waals surface area (Å²) in [5.74, 6) is -0.527. The molecule has 1 unspecified atom stereocenters. The first-order valence-electron chi connectivity index (χ1n) is 11.0. The van der Waals surface area contributed by atoms with Crippen molar-refractivity contribution in [1.82, 2.24) is 10.0 Å². The lowest BCUT2D eigenvalue weighted by molar-refractivity contribution is -0.274. The normalized spacial score (nSPS) is 22.0. The molecule has 0 spiro atoms. The van der Waals surface area contributed by atoms with Gasteiger partial charge in [0.2, 0.25) is 10.0 Å². The Morgan fingerprint density at radius 2 is 1.53 bits per heavy atom. The lowest BCUT2D eigenvalue weighted by Crippen LogP contribution is -2.64. The Kier molecular flexibility index (Phi) is 6.64. The standard InChI is InChI=1S/C24H22F3N3O4S2/c25-24(26,27)34-15-9-11-16(12-10-15)36(32,33)29-17-13-28-14-20(23(17)31)30-18-5-1-3-7-21(18)35-22-8-4-2-6-19(22)30/h1-12,17,20,23,28-29,31H,13-14H2/t17-,20?,23+/m1/s1. The lowest BCUT2D eigenvalue weighted by Gasteiger charge is -2.45. The summed E-state index contributed by atoms with van der Waals surface area (Å²) < 4.78 is 69.5. The summed E-state index contributed by atoms with van der Waals surface area (Å²) in [7, 11) is -4.14. The molecule has 3 atom stereocenters. The first kappa shape index (κ1) is 24.9. The number of alkyl halides is 3. The van der Waals surface area contributed by atoms with Crippen LogP contribution in [0.5, 0.6) is 5.75 Å². The van der Waals surface area contributed by atoms with Crippen molar-refractivity contribution in [1.29, 1.82) is 0 Å². The number of ether oxygens (including phenoxy) is 1. The third kappa shape index (κ3) is 5.04. The van der Waals surface area contributed by atoms with Crippen LogP contribution in [0, 0.1) is 0 Å². The van der Waals surface area contributed by atoms with E-state index in [1.807, 2.05) is 53.4 Å². The number of aliphatic hydroxyl groups is 1. The monoisotopic (exact) mass is 537 g/mol. The Morgan fingerprint density at radius 1 is 0.944 bits per heavy atom. The van der Waals surface area contributed by atoms with Gasteiger partial charge in [-0.3, -0.25) is 0 Å². The van der Waals surface area contributed by atoms with Gasteiger partial charge in [-0.1, -0.05) is 36.0 Å². The minimum absolute atomic E-state index is 0.179. The van der Waals surface area contributed by atoms with E-state index < -0.39 is 40.3 Å². The van der Waals surface area contributed by atoms with Crippen LogP contribution >= 0.6 is 11.8 Å². The average molecular weight is 538 g/mol. The summed E-state index contributed by atoms with van der Waals surface area (Å²) in [5, 5.41) is 14.6. The van der Waals surface area contributed by atoms with Gasteiger partial charge in [-0.15, -0.1) is 13.2 Å². The maximum Gasteiger partial charge on any atom is 0.573 e. The van der Waals surface area contributed by atoms with Gasteiger partial charge in [0.05, 0.1) is 34.5 Å². The molecule has 190 valence electrons. The SMILES string of the molecule is O=S(=O)(N[C@@H]1CNCC(N2c3ccccc3Sc3ccccc32)[C@H]1O)c1ccc(OC(F)(F)F)cc1. The van der Waals surface area contributed by atoms with E-state index in [9.17, 15) is 26.7 Å².